The standard InChI is InChI=1S/C10H13ClFNO/c1-7(14-2)6-13-10-5-8(11)3-4-9(10)12/h3-5,7,13H,6H2,1-2H3. The molecule has 0 fully saturated rings. The number of anilines is 1. The van der Waals surface area contributed by atoms with Crippen LogP contribution < -0.4 is 5.32 Å². The highest BCUT2D eigenvalue weighted by Crippen LogP contribution is 2.19. The second-order valence-electron chi connectivity index (χ2n) is 3.05. The number of halogens is 2. The van der Waals surface area contributed by atoms with E-state index in [1.165, 1.54) is 12.1 Å². The molecule has 0 heterocycles. The average molecular weight is 218 g/mol. The van der Waals surface area contributed by atoms with Crippen LogP contribution in [0.2, 0.25) is 5.02 Å². The molecule has 78 valence electrons. The van der Waals surface area contributed by atoms with Gasteiger partial charge in [0, 0.05) is 18.7 Å². The van der Waals surface area contributed by atoms with Crippen LogP contribution >= 0.6 is 11.6 Å². The Bertz CT molecular complexity index is 306. The Balaban J connectivity index is 2.62. The fraction of sp³-hybridized carbons (Fsp3) is 0.400. The van der Waals surface area contributed by atoms with Gasteiger partial charge in [0.2, 0.25) is 0 Å². The highest BCUT2D eigenvalue weighted by molar-refractivity contribution is 6.30. The molecule has 1 aromatic rings. The fourth-order valence-electron chi connectivity index (χ4n) is 0.970. The van der Waals surface area contributed by atoms with E-state index in [1.807, 2.05) is 6.92 Å². The first-order chi connectivity index (χ1) is 6.63. The van der Waals surface area contributed by atoms with E-state index in [9.17, 15) is 4.39 Å². The maximum atomic E-state index is 13.2. The van der Waals surface area contributed by atoms with Crippen LogP contribution in [0, 0.1) is 5.82 Å². The van der Waals surface area contributed by atoms with Crippen LogP contribution in [0.3, 0.4) is 0 Å². The summed E-state index contributed by atoms with van der Waals surface area (Å²) in [4.78, 5) is 0. The fourth-order valence-corrected chi connectivity index (χ4v) is 1.14. The molecule has 0 radical (unpaired) electrons. The first-order valence-corrected chi connectivity index (χ1v) is 4.73. The Labute approximate surface area is 88.0 Å². The highest BCUT2D eigenvalue weighted by atomic mass is 35.5. The molecule has 0 aliphatic heterocycles. The van der Waals surface area contributed by atoms with E-state index in [4.69, 9.17) is 16.3 Å². The molecular weight excluding hydrogens is 205 g/mol. The van der Waals surface area contributed by atoms with Crippen LogP contribution in [-0.2, 0) is 4.74 Å². The van der Waals surface area contributed by atoms with Gasteiger partial charge < -0.3 is 10.1 Å². The van der Waals surface area contributed by atoms with E-state index in [-0.39, 0.29) is 11.9 Å². The molecule has 0 aliphatic rings. The van der Waals surface area contributed by atoms with Crippen molar-refractivity contribution in [3.8, 4) is 0 Å². The normalized spacial score (nSPS) is 12.6. The number of hydrogen-bond donors (Lipinski definition) is 1. The summed E-state index contributed by atoms with van der Waals surface area (Å²) in [5.41, 5.74) is 0.404. The Morgan fingerprint density at radius 2 is 2.29 bits per heavy atom. The van der Waals surface area contributed by atoms with Gasteiger partial charge in [-0.2, -0.15) is 0 Å². The summed E-state index contributed by atoms with van der Waals surface area (Å²) in [6.45, 7) is 2.45. The zero-order chi connectivity index (χ0) is 10.6. The topological polar surface area (TPSA) is 21.3 Å². The highest BCUT2D eigenvalue weighted by Gasteiger charge is 2.04. The summed E-state index contributed by atoms with van der Waals surface area (Å²) in [5.74, 6) is -0.308. The maximum Gasteiger partial charge on any atom is 0.146 e. The molecule has 14 heavy (non-hydrogen) atoms. The zero-order valence-electron chi connectivity index (χ0n) is 8.18. The molecule has 0 bridgehead atoms. The summed E-state index contributed by atoms with van der Waals surface area (Å²) in [5, 5.41) is 3.43. The third kappa shape index (κ3) is 3.16. The van der Waals surface area contributed by atoms with Crippen molar-refractivity contribution in [2.45, 2.75) is 13.0 Å². The molecule has 0 spiro atoms. The molecule has 0 saturated carbocycles. The van der Waals surface area contributed by atoms with E-state index < -0.39 is 0 Å². The second-order valence-corrected chi connectivity index (χ2v) is 3.49. The molecule has 1 unspecified atom stereocenters. The van der Waals surface area contributed by atoms with E-state index in [0.29, 0.717) is 17.3 Å². The quantitative estimate of drug-likeness (QED) is 0.838. The molecule has 0 amide bonds. The van der Waals surface area contributed by atoms with Crippen molar-refractivity contribution in [1.82, 2.24) is 0 Å². The van der Waals surface area contributed by atoms with Crippen LogP contribution in [0.5, 0.6) is 0 Å². The Kier molecular flexibility index (Phi) is 4.17. The molecule has 2 nitrogen and oxygen atoms in total. The van der Waals surface area contributed by atoms with Crippen molar-refractivity contribution >= 4 is 17.3 Å². The van der Waals surface area contributed by atoms with Gasteiger partial charge in [0.05, 0.1) is 11.8 Å². The van der Waals surface area contributed by atoms with Crippen LogP contribution in [0.4, 0.5) is 10.1 Å². The van der Waals surface area contributed by atoms with Crippen molar-refractivity contribution in [2.24, 2.45) is 0 Å². The minimum atomic E-state index is -0.308. The monoisotopic (exact) mass is 217 g/mol. The molecular formula is C10H13ClFNO. The number of ether oxygens (including phenoxy) is 1. The van der Waals surface area contributed by atoms with Crippen LogP contribution in [0.1, 0.15) is 6.92 Å². The molecule has 0 aromatic heterocycles. The van der Waals surface area contributed by atoms with Crippen LogP contribution in [0.15, 0.2) is 18.2 Å². The summed E-state index contributed by atoms with van der Waals surface area (Å²) < 4.78 is 18.2. The third-order valence-electron chi connectivity index (χ3n) is 1.91. The van der Waals surface area contributed by atoms with Gasteiger partial charge in [0.15, 0.2) is 0 Å². The largest absolute Gasteiger partial charge is 0.380 e. The molecule has 1 rings (SSSR count). The van der Waals surface area contributed by atoms with Crippen molar-refractivity contribution in [2.75, 3.05) is 19.0 Å². The lowest BCUT2D eigenvalue weighted by atomic mass is 10.3. The Morgan fingerprint density at radius 1 is 1.57 bits per heavy atom. The summed E-state index contributed by atoms with van der Waals surface area (Å²) in [6, 6.07) is 4.41. The van der Waals surface area contributed by atoms with Gasteiger partial charge in [-0.3, -0.25) is 0 Å². The van der Waals surface area contributed by atoms with Gasteiger partial charge >= 0.3 is 0 Å². The van der Waals surface area contributed by atoms with Gasteiger partial charge in [0.1, 0.15) is 5.82 Å². The summed E-state index contributed by atoms with van der Waals surface area (Å²) >= 11 is 5.73. The SMILES string of the molecule is COC(C)CNc1cc(Cl)ccc1F. The van der Waals surface area contributed by atoms with E-state index >= 15 is 0 Å². The first-order valence-electron chi connectivity index (χ1n) is 4.35. The molecule has 1 N–H and O–H groups in total. The number of hydrogen-bond acceptors (Lipinski definition) is 2. The van der Waals surface area contributed by atoms with E-state index in [2.05, 4.69) is 5.32 Å². The lowest BCUT2D eigenvalue weighted by Gasteiger charge is -2.12. The Hall–Kier alpha value is -0.800. The summed E-state index contributed by atoms with van der Waals surface area (Å²) in [7, 11) is 1.61. The predicted molar refractivity (Wildman–Crippen MR) is 56.4 cm³/mol. The van der Waals surface area contributed by atoms with E-state index in [1.54, 1.807) is 13.2 Å². The van der Waals surface area contributed by atoms with Gasteiger partial charge in [-0.1, -0.05) is 11.6 Å². The van der Waals surface area contributed by atoms with Gasteiger partial charge in [-0.15, -0.1) is 0 Å². The molecule has 1 atom stereocenters. The smallest absolute Gasteiger partial charge is 0.146 e. The average Bonchev–Trinajstić information content (AvgIpc) is 2.19. The first kappa shape index (κ1) is 11.3. The molecule has 4 heteroatoms. The molecule has 1 aromatic carbocycles. The minimum absolute atomic E-state index is 0.0355. The predicted octanol–water partition coefficient (Wildman–Crippen LogP) is 2.93. The Morgan fingerprint density at radius 3 is 2.93 bits per heavy atom. The number of methoxy groups -OCH3 is 1. The number of benzene rings is 1. The van der Waals surface area contributed by atoms with Crippen LogP contribution in [-0.4, -0.2) is 19.8 Å². The second kappa shape index (κ2) is 5.17. The lowest BCUT2D eigenvalue weighted by molar-refractivity contribution is 0.128. The third-order valence-corrected chi connectivity index (χ3v) is 2.15. The van der Waals surface area contributed by atoms with Crippen molar-refractivity contribution in [3.63, 3.8) is 0 Å². The van der Waals surface area contributed by atoms with Crippen molar-refractivity contribution < 1.29 is 9.13 Å². The van der Waals surface area contributed by atoms with Crippen LogP contribution in [0.25, 0.3) is 0 Å². The molecule has 0 aliphatic carbocycles. The van der Waals surface area contributed by atoms with Crippen molar-refractivity contribution in [1.29, 1.82) is 0 Å². The van der Waals surface area contributed by atoms with Gasteiger partial charge in [-0.05, 0) is 25.1 Å². The lowest BCUT2D eigenvalue weighted by Crippen LogP contribution is -2.18. The number of rotatable bonds is 4. The molecule has 0 saturated heterocycles. The van der Waals surface area contributed by atoms with Gasteiger partial charge in [-0.25, -0.2) is 4.39 Å². The minimum Gasteiger partial charge on any atom is -0.380 e. The van der Waals surface area contributed by atoms with Crippen molar-refractivity contribution in [3.05, 3.63) is 29.0 Å². The maximum absolute atomic E-state index is 13.2. The van der Waals surface area contributed by atoms with E-state index in [0.717, 1.165) is 0 Å². The summed E-state index contributed by atoms with van der Waals surface area (Å²) in [6.07, 6.45) is 0.0355. The van der Waals surface area contributed by atoms with Gasteiger partial charge in [0.25, 0.3) is 0 Å². The zero-order valence-corrected chi connectivity index (χ0v) is 8.94. The number of nitrogens with one attached hydrogen (secondary N) is 1.